The van der Waals surface area contributed by atoms with Crippen LogP contribution < -0.4 is 4.72 Å². The summed E-state index contributed by atoms with van der Waals surface area (Å²) in [5.41, 5.74) is 1.56. The van der Waals surface area contributed by atoms with E-state index in [1.807, 2.05) is 0 Å². The van der Waals surface area contributed by atoms with Gasteiger partial charge in [0.25, 0.3) is 0 Å². The minimum Gasteiger partial charge on any atom is -0.283 e. The molecule has 1 aromatic heterocycles. The van der Waals surface area contributed by atoms with Crippen molar-refractivity contribution in [1.82, 2.24) is 14.9 Å². The van der Waals surface area contributed by atoms with Crippen LogP contribution in [0.1, 0.15) is 11.3 Å². The zero-order chi connectivity index (χ0) is 14.0. The van der Waals surface area contributed by atoms with Gasteiger partial charge >= 0.3 is 0 Å². The van der Waals surface area contributed by atoms with E-state index in [0.29, 0.717) is 0 Å². The third-order valence-electron chi connectivity index (χ3n) is 2.57. The van der Waals surface area contributed by atoms with E-state index in [4.69, 9.17) is 23.2 Å². The van der Waals surface area contributed by atoms with Gasteiger partial charge in [0.2, 0.25) is 10.0 Å². The second-order valence-electron chi connectivity index (χ2n) is 3.90. The van der Waals surface area contributed by atoms with Crippen LogP contribution in [0.5, 0.6) is 0 Å². The second kappa shape index (κ2) is 5.50. The first-order valence-electron chi connectivity index (χ1n) is 5.34. The lowest BCUT2D eigenvalue weighted by molar-refractivity contribution is 0.581. The van der Waals surface area contributed by atoms with Crippen LogP contribution in [0.2, 0.25) is 10.0 Å². The molecule has 5 nitrogen and oxygen atoms in total. The number of hydrogen-bond acceptors (Lipinski definition) is 3. The monoisotopic (exact) mass is 319 g/mol. The smallest absolute Gasteiger partial charge is 0.243 e. The molecule has 0 aliphatic heterocycles. The van der Waals surface area contributed by atoms with E-state index in [9.17, 15) is 8.42 Å². The van der Waals surface area contributed by atoms with Gasteiger partial charge in [-0.25, -0.2) is 13.1 Å². The highest BCUT2D eigenvalue weighted by Gasteiger charge is 2.21. The van der Waals surface area contributed by atoms with Crippen molar-refractivity contribution in [3.05, 3.63) is 45.7 Å². The third-order valence-corrected chi connectivity index (χ3v) is 4.93. The van der Waals surface area contributed by atoms with E-state index in [0.717, 1.165) is 11.3 Å². The number of nitrogens with one attached hydrogen (secondary N) is 2. The summed E-state index contributed by atoms with van der Waals surface area (Å²) < 4.78 is 26.8. The molecule has 0 radical (unpaired) electrons. The summed E-state index contributed by atoms with van der Waals surface area (Å²) in [5, 5.41) is 6.72. The summed E-state index contributed by atoms with van der Waals surface area (Å²) in [6.07, 6.45) is 1.56. The fraction of sp³-hybridized carbons (Fsp3) is 0.182. The maximum atomic E-state index is 12.2. The van der Waals surface area contributed by atoms with E-state index >= 15 is 0 Å². The van der Waals surface area contributed by atoms with Gasteiger partial charge in [0, 0.05) is 17.8 Å². The molecule has 0 saturated carbocycles. The molecule has 2 N–H and O–H groups in total. The molecular formula is C11H11Cl2N3O2S. The number of halogens is 2. The Morgan fingerprint density at radius 1 is 1.32 bits per heavy atom. The molecule has 19 heavy (non-hydrogen) atoms. The summed E-state index contributed by atoms with van der Waals surface area (Å²) in [6.45, 7) is 1.92. The Bertz CT molecular complexity index is 677. The molecule has 0 saturated heterocycles. The number of rotatable bonds is 4. The molecule has 0 fully saturated rings. The van der Waals surface area contributed by atoms with Gasteiger partial charge in [-0.05, 0) is 19.1 Å². The first-order valence-corrected chi connectivity index (χ1v) is 7.58. The number of aromatic amines is 1. The summed E-state index contributed by atoms with van der Waals surface area (Å²) >= 11 is 11.8. The lowest BCUT2D eigenvalue weighted by Gasteiger charge is -2.09. The summed E-state index contributed by atoms with van der Waals surface area (Å²) in [7, 11) is -3.77. The molecule has 1 heterocycles. The molecule has 2 aromatic rings. The average molecular weight is 320 g/mol. The SMILES string of the molecule is Cc1[nH]ncc1CNS(=O)(=O)c1c(Cl)cccc1Cl. The van der Waals surface area contributed by atoms with Gasteiger partial charge < -0.3 is 0 Å². The maximum absolute atomic E-state index is 12.2. The van der Waals surface area contributed by atoms with E-state index in [2.05, 4.69) is 14.9 Å². The Balaban J connectivity index is 2.26. The van der Waals surface area contributed by atoms with Gasteiger partial charge in [-0.15, -0.1) is 0 Å². The third kappa shape index (κ3) is 3.09. The van der Waals surface area contributed by atoms with Crippen LogP contribution in [0.25, 0.3) is 0 Å². The highest BCUT2D eigenvalue weighted by molar-refractivity contribution is 7.89. The minimum absolute atomic E-state index is 0.0870. The Morgan fingerprint density at radius 2 is 1.95 bits per heavy atom. The highest BCUT2D eigenvalue weighted by Crippen LogP contribution is 2.28. The van der Waals surface area contributed by atoms with Crippen LogP contribution >= 0.6 is 23.2 Å². The van der Waals surface area contributed by atoms with Crippen molar-refractivity contribution in [1.29, 1.82) is 0 Å². The quantitative estimate of drug-likeness (QED) is 0.909. The topological polar surface area (TPSA) is 74.8 Å². The standard InChI is InChI=1S/C11H11Cl2N3O2S/c1-7-8(5-14-16-7)6-15-19(17,18)11-9(12)3-2-4-10(11)13/h2-5,15H,6H2,1H3,(H,14,16). The van der Waals surface area contributed by atoms with Crippen molar-refractivity contribution in [2.24, 2.45) is 0 Å². The molecule has 0 unspecified atom stereocenters. The number of benzene rings is 1. The fourth-order valence-corrected chi connectivity index (χ4v) is 3.68. The normalized spacial score (nSPS) is 11.7. The highest BCUT2D eigenvalue weighted by atomic mass is 35.5. The average Bonchev–Trinajstić information content (AvgIpc) is 2.72. The van der Waals surface area contributed by atoms with Gasteiger partial charge in [0.15, 0.2) is 0 Å². The molecule has 0 aliphatic carbocycles. The van der Waals surface area contributed by atoms with Crippen molar-refractivity contribution in [2.45, 2.75) is 18.4 Å². The van der Waals surface area contributed by atoms with Crippen LogP contribution in [0.4, 0.5) is 0 Å². The van der Waals surface area contributed by atoms with Crippen molar-refractivity contribution >= 4 is 33.2 Å². The predicted molar refractivity (Wildman–Crippen MR) is 73.8 cm³/mol. The maximum Gasteiger partial charge on any atom is 0.243 e. The molecule has 2 rings (SSSR count). The number of H-pyrrole nitrogens is 1. The number of hydrogen-bond donors (Lipinski definition) is 2. The van der Waals surface area contributed by atoms with Gasteiger partial charge in [0.1, 0.15) is 4.90 Å². The first kappa shape index (κ1) is 14.3. The largest absolute Gasteiger partial charge is 0.283 e. The molecule has 0 atom stereocenters. The van der Waals surface area contributed by atoms with Crippen LogP contribution in [0, 0.1) is 6.92 Å². The van der Waals surface area contributed by atoms with E-state index in [1.54, 1.807) is 19.2 Å². The van der Waals surface area contributed by atoms with Crippen LogP contribution in [-0.4, -0.2) is 18.6 Å². The van der Waals surface area contributed by atoms with E-state index < -0.39 is 10.0 Å². The Morgan fingerprint density at radius 3 is 2.47 bits per heavy atom. The molecule has 8 heteroatoms. The molecule has 1 aromatic carbocycles. The molecule has 102 valence electrons. The first-order chi connectivity index (χ1) is 8.92. The molecule has 0 bridgehead atoms. The second-order valence-corrected chi connectivity index (χ2v) is 6.41. The Labute approximate surface area is 121 Å². The molecular weight excluding hydrogens is 309 g/mol. The minimum atomic E-state index is -3.77. The van der Waals surface area contributed by atoms with E-state index in [-0.39, 0.29) is 21.5 Å². The van der Waals surface area contributed by atoms with Gasteiger partial charge in [-0.3, -0.25) is 5.10 Å². The van der Waals surface area contributed by atoms with Gasteiger partial charge in [-0.1, -0.05) is 29.3 Å². The number of aromatic nitrogens is 2. The van der Waals surface area contributed by atoms with Gasteiger partial charge in [0.05, 0.1) is 16.2 Å². The number of sulfonamides is 1. The Kier molecular flexibility index (Phi) is 4.15. The summed E-state index contributed by atoms with van der Waals surface area (Å²) in [6, 6.07) is 4.54. The fourth-order valence-electron chi connectivity index (χ4n) is 1.54. The summed E-state index contributed by atoms with van der Waals surface area (Å²) in [4.78, 5) is -0.112. The van der Waals surface area contributed by atoms with Crippen molar-refractivity contribution in [2.75, 3.05) is 0 Å². The van der Waals surface area contributed by atoms with Crippen LogP contribution in [0.3, 0.4) is 0 Å². The zero-order valence-electron chi connectivity index (χ0n) is 9.94. The van der Waals surface area contributed by atoms with Gasteiger partial charge in [-0.2, -0.15) is 5.10 Å². The summed E-state index contributed by atoms with van der Waals surface area (Å²) in [5.74, 6) is 0. The molecule has 0 amide bonds. The number of aryl methyl sites for hydroxylation is 1. The lowest BCUT2D eigenvalue weighted by atomic mass is 10.3. The molecule has 0 aliphatic rings. The van der Waals surface area contributed by atoms with Crippen LogP contribution in [-0.2, 0) is 16.6 Å². The predicted octanol–water partition coefficient (Wildman–Crippen LogP) is 2.50. The van der Waals surface area contributed by atoms with Crippen LogP contribution in [0.15, 0.2) is 29.3 Å². The van der Waals surface area contributed by atoms with Crippen molar-refractivity contribution in [3.8, 4) is 0 Å². The zero-order valence-corrected chi connectivity index (χ0v) is 12.3. The van der Waals surface area contributed by atoms with E-state index in [1.165, 1.54) is 12.1 Å². The number of nitrogens with zero attached hydrogens (tertiary/aromatic N) is 1. The molecule has 0 spiro atoms. The van der Waals surface area contributed by atoms with Crippen molar-refractivity contribution < 1.29 is 8.42 Å². The van der Waals surface area contributed by atoms with Crippen molar-refractivity contribution in [3.63, 3.8) is 0 Å². The lowest BCUT2D eigenvalue weighted by Crippen LogP contribution is -2.24. The Hall–Kier alpha value is -1.08.